The molecule has 1 aromatic carbocycles. The first-order chi connectivity index (χ1) is 7.43. The first-order valence-corrected chi connectivity index (χ1v) is 4.91. The molecule has 0 heterocycles. The van der Waals surface area contributed by atoms with Gasteiger partial charge in [0.1, 0.15) is 11.5 Å². The Kier molecular flexibility index (Phi) is 3.82. The number of aryl methyl sites for hydroxylation is 1. The van der Waals surface area contributed by atoms with E-state index in [4.69, 9.17) is 5.73 Å². The molecular weight excluding hydrogens is 214 g/mol. The largest absolute Gasteiger partial charge is 0.379 e. The van der Waals surface area contributed by atoms with E-state index in [-0.39, 0.29) is 12.2 Å². The molecule has 1 rings (SSSR count). The van der Waals surface area contributed by atoms with Crippen LogP contribution in [0.5, 0.6) is 0 Å². The molecule has 0 spiro atoms. The number of hydrogen-bond donors (Lipinski definition) is 2. The van der Waals surface area contributed by atoms with Gasteiger partial charge in [-0.15, -0.1) is 0 Å². The zero-order valence-corrected chi connectivity index (χ0v) is 9.18. The van der Waals surface area contributed by atoms with Crippen molar-refractivity contribution in [3.8, 4) is 0 Å². The average Bonchev–Trinajstić information content (AvgIpc) is 2.23. The topological polar surface area (TPSA) is 55.1 Å². The fourth-order valence-corrected chi connectivity index (χ4v) is 1.17. The van der Waals surface area contributed by atoms with E-state index >= 15 is 0 Å². The summed E-state index contributed by atoms with van der Waals surface area (Å²) in [7, 11) is 0. The van der Waals surface area contributed by atoms with Gasteiger partial charge in [-0.2, -0.15) is 0 Å². The van der Waals surface area contributed by atoms with Gasteiger partial charge in [0.25, 0.3) is 0 Å². The quantitative estimate of drug-likeness (QED) is 0.825. The van der Waals surface area contributed by atoms with Crippen molar-refractivity contribution in [2.24, 2.45) is 11.7 Å². The molecule has 1 aromatic rings. The molecular formula is C11H14F2N2O. The Morgan fingerprint density at radius 1 is 1.50 bits per heavy atom. The van der Waals surface area contributed by atoms with Gasteiger partial charge in [-0.25, -0.2) is 8.78 Å². The number of hydrogen-bond acceptors (Lipinski definition) is 2. The van der Waals surface area contributed by atoms with E-state index in [1.54, 1.807) is 6.92 Å². The molecule has 3 N–H and O–H groups in total. The molecule has 1 unspecified atom stereocenters. The minimum Gasteiger partial charge on any atom is -0.379 e. The van der Waals surface area contributed by atoms with Gasteiger partial charge in [0.2, 0.25) is 5.91 Å². The number of nitrogens with one attached hydrogen (secondary N) is 1. The van der Waals surface area contributed by atoms with Crippen molar-refractivity contribution in [2.45, 2.75) is 13.8 Å². The lowest BCUT2D eigenvalue weighted by atomic mass is 10.1. The van der Waals surface area contributed by atoms with Crippen molar-refractivity contribution in [1.29, 1.82) is 0 Å². The Hall–Kier alpha value is -1.65. The highest BCUT2D eigenvalue weighted by atomic mass is 19.1. The smallest absolute Gasteiger partial charge is 0.222 e. The Morgan fingerprint density at radius 3 is 2.69 bits per heavy atom. The molecule has 1 atom stereocenters. The van der Waals surface area contributed by atoms with Crippen LogP contribution in [0.15, 0.2) is 12.1 Å². The van der Waals surface area contributed by atoms with Gasteiger partial charge in [-0.05, 0) is 18.6 Å². The maximum atomic E-state index is 13.5. The number of primary amides is 1. The maximum Gasteiger partial charge on any atom is 0.222 e. The molecule has 0 aromatic heterocycles. The van der Waals surface area contributed by atoms with Gasteiger partial charge < -0.3 is 11.1 Å². The Balaban J connectivity index is 2.81. The Morgan fingerprint density at radius 2 is 2.12 bits per heavy atom. The fraction of sp³-hybridized carbons (Fsp3) is 0.364. The monoisotopic (exact) mass is 228 g/mol. The molecule has 0 bridgehead atoms. The molecule has 0 aliphatic carbocycles. The van der Waals surface area contributed by atoms with Crippen LogP contribution in [0.4, 0.5) is 14.5 Å². The van der Waals surface area contributed by atoms with Crippen LogP contribution in [0.1, 0.15) is 12.5 Å². The van der Waals surface area contributed by atoms with Crippen LogP contribution in [-0.2, 0) is 4.79 Å². The third-order valence-corrected chi connectivity index (χ3v) is 2.35. The molecule has 0 saturated heterocycles. The van der Waals surface area contributed by atoms with Crippen molar-refractivity contribution in [1.82, 2.24) is 0 Å². The number of benzene rings is 1. The summed E-state index contributed by atoms with van der Waals surface area (Å²) in [6, 6.07) is 2.53. The van der Waals surface area contributed by atoms with Gasteiger partial charge >= 0.3 is 0 Å². The first-order valence-electron chi connectivity index (χ1n) is 4.91. The summed E-state index contributed by atoms with van der Waals surface area (Å²) < 4.78 is 26.8. The zero-order valence-electron chi connectivity index (χ0n) is 9.18. The van der Waals surface area contributed by atoms with E-state index in [0.29, 0.717) is 5.56 Å². The lowest BCUT2D eigenvalue weighted by molar-refractivity contribution is -0.120. The average molecular weight is 228 g/mol. The predicted octanol–water partition coefficient (Wildman–Crippen LogP) is 1.81. The number of rotatable bonds is 4. The SMILES string of the molecule is Cc1ccc(F)c(NCC(C)C(N)=O)c1F. The molecule has 0 fully saturated rings. The lowest BCUT2D eigenvalue weighted by Gasteiger charge is -2.12. The molecule has 0 aliphatic rings. The zero-order chi connectivity index (χ0) is 12.3. The number of nitrogens with two attached hydrogens (primary N) is 1. The van der Waals surface area contributed by atoms with Crippen LogP contribution < -0.4 is 11.1 Å². The molecule has 5 heteroatoms. The Labute approximate surface area is 92.6 Å². The third kappa shape index (κ3) is 2.68. The minimum atomic E-state index is -0.681. The predicted molar refractivity (Wildman–Crippen MR) is 57.9 cm³/mol. The summed E-state index contributed by atoms with van der Waals surface area (Å²) in [5, 5.41) is 2.55. The fourth-order valence-electron chi connectivity index (χ4n) is 1.17. The van der Waals surface area contributed by atoms with Gasteiger partial charge in [0.05, 0.1) is 5.92 Å². The molecule has 1 amide bonds. The van der Waals surface area contributed by atoms with Crippen LogP contribution in [0.25, 0.3) is 0 Å². The van der Waals surface area contributed by atoms with E-state index in [1.165, 1.54) is 19.1 Å². The molecule has 0 radical (unpaired) electrons. The highest BCUT2D eigenvalue weighted by Gasteiger charge is 2.14. The third-order valence-electron chi connectivity index (χ3n) is 2.35. The summed E-state index contributed by atoms with van der Waals surface area (Å²) in [5.41, 5.74) is 5.17. The number of halogens is 2. The second-order valence-electron chi connectivity index (χ2n) is 3.74. The number of carbonyl (C=O) groups is 1. The molecule has 16 heavy (non-hydrogen) atoms. The molecule has 3 nitrogen and oxygen atoms in total. The van der Waals surface area contributed by atoms with Crippen LogP contribution in [0, 0.1) is 24.5 Å². The van der Waals surface area contributed by atoms with Gasteiger partial charge in [0, 0.05) is 6.54 Å². The van der Waals surface area contributed by atoms with Crippen LogP contribution in [0.2, 0.25) is 0 Å². The summed E-state index contributed by atoms with van der Waals surface area (Å²) >= 11 is 0. The van der Waals surface area contributed by atoms with E-state index in [1.807, 2.05) is 0 Å². The summed E-state index contributed by atoms with van der Waals surface area (Å²) in [6.07, 6.45) is 0. The summed E-state index contributed by atoms with van der Waals surface area (Å²) in [5.74, 6) is -2.32. The maximum absolute atomic E-state index is 13.5. The van der Waals surface area contributed by atoms with Crippen LogP contribution >= 0.6 is 0 Å². The Bertz CT molecular complexity index is 407. The molecule has 88 valence electrons. The second-order valence-corrected chi connectivity index (χ2v) is 3.74. The highest BCUT2D eigenvalue weighted by molar-refractivity contribution is 5.76. The highest BCUT2D eigenvalue weighted by Crippen LogP contribution is 2.21. The van der Waals surface area contributed by atoms with Crippen LogP contribution in [0.3, 0.4) is 0 Å². The standard InChI is InChI=1S/C11H14F2N2O/c1-6-3-4-8(12)10(9(6)13)15-5-7(2)11(14)16/h3-4,7,15H,5H2,1-2H3,(H2,14,16). The second kappa shape index (κ2) is 4.92. The summed E-state index contributed by atoms with van der Waals surface area (Å²) in [6.45, 7) is 3.23. The minimum absolute atomic E-state index is 0.104. The van der Waals surface area contributed by atoms with Gasteiger partial charge in [-0.3, -0.25) is 4.79 Å². The normalized spacial score (nSPS) is 12.2. The van der Waals surface area contributed by atoms with Crippen molar-refractivity contribution < 1.29 is 13.6 Å². The summed E-state index contributed by atoms with van der Waals surface area (Å²) in [4.78, 5) is 10.8. The number of anilines is 1. The van der Waals surface area contributed by atoms with Crippen molar-refractivity contribution in [2.75, 3.05) is 11.9 Å². The lowest BCUT2D eigenvalue weighted by Crippen LogP contribution is -2.27. The number of amides is 1. The van der Waals surface area contributed by atoms with Crippen molar-refractivity contribution in [3.05, 3.63) is 29.3 Å². The van der Waals surface area contributed by atoms with E-state index in [9.17, 15) is 13.6 Å². The van der Waals surface area contributed by atoms with Crippen molar-refractivity contribution >= 4 is 11.6 Å². The van der Waals surface area contributed by atoms with Crippen LogP contribution in [-0.4, -0.2) is 12.5 Å². The molecule has 0 aliphatic heterocycles. The van der Waals surface area contributed by atoms with E-state index < -0.39 is 23.5 Å². The first kappa shape index (κ1) is 12.4. The molecule has 0 saturated carbocycles. The van der Waals surface area contributed by atoms with Crippen molar-refractivity contribution in [3.63, 3.8) is 0 Å². The van der Waals surface area contributed by atoms with Gasteiger partial charge in [0.15, 0.2) is 5.82 Å². The van der Waals surface area contributed by atoms with E-state index in [2.05, 4.69) is 5.32 Å². The number of carbonyl (C=O) groups excluding carboxylic acids is 1. The van der Waals surface area contributed by atoms with Gasteiger partial charge in [-0.1, -0.05) is 13.0 Å². The van der Waals surface area contributed by atoms with E-state index in [0.717, 1.165) is 0 Å².